The number of rotatable bonds is 5. The lowest BCUT2D eigenvalue weighted by molar-refractivity contribution is -0.132. The molecule has 1 saturated heterocycles. The zero-order valence-corrected chi connectivity index (χ0v) is 15.9. The number of nitrogens with zero attached hydrogens (tertiary/aromatic N) is 2. The molecule has 0 radical (unpaired) electrons. The Hall–Kier alpha value is -3.21. The molecule has 2 aromatic carbocycles. The van der Waals surface area contributed by atoms with Crippen molar-refractivity contribution in [1.29, 1.82) is 5.26 Å². The summed E-state index contributed by atoms with van der Waals surface area (Å²) >= 11 is 0. The second-order valence-electron chi connectivity index (χ2n) is 7.04. The van der Waals surface area contributed by atoms with Crippen LogP contribution in [0.2, 0.25) is 0 Å². The standard InChI is InChI=1S/C22H22N4O3/c23-12-18(26-22(27)21-13-24-8-1-9-28-21)10-15-2-4-16(5-3-15)17-6-7-20-19(11-17)25-14-29-20/h2-7,11,14,18,21,24H,1,8-10,13H2,(H,26,27)/t18-,21-/m0/s1. The zero-order chi connectivity index (χ0) is 20.1. The van der Waals surface area contributed by atoms with Crippen molar-refractivity contribution in [2.45, 2.75) is 25.0 Å². The van der Waals surface area contributed by atoms with E-state index in [1.807, 2.05) is 42.5 Å². The van der Waals surface area contributed by atoms with Crippen LogP contribution in [-0.4, -0.2) is 42.7 Å². The Morgan fingerprint density at radius 2 is 2.10 bits per heavy atom. The molecule has 3 aromatic rings. The highest BCUT2D eigenvalue weighted by Crippen LogP contribution is 2.24. The predicted octanol–water partition coefficient (Wildman–Crippen LogP) is 2.42. The highest BCUT2D eigenvalue weighted by molar-refractivity contribution is 5.82. The van der Waals surface area contributed by atoms with E-state index in [0.717, 1.165) is 40.8 Å². The molecule has 7 nitrogen and oxygen atoms in total. The van der Waals surface area contributed by atoms with Gasteiger partial charge in [-0.05, 0) is 41.8 Å². The summed E-state index contributed by atoms with van der Waals surface area (Å²) in [7, 11) is 0. The highest BCUT2D eigenvalue weighted by Gasteiger charge is 2.23. The van der Waals surface area contributed by atoms with Gasteiger partial charge in [0.05, 0.1) is 6.07 Å². The molecule has 2 heterocycles. The Bertz CT molecular complexity index is 1010. The molecule has 1 aromatic heterocycles. The van der Waals surface area contributed by atoms with Crippen LogP contribution in [0, 0.1) is 11.3 Å². The predicted molar refractivity (Wildman–Crippen MR) is 108 cm³/mol. The number of carbonyl (C=O) groups excluding carboxylic acids is 1. The number of oxazole rings is 1. The minimum absolute atomic E-state index is 0.247. The van der Waals surface area contributed by atoms with Crippen LogP contribution in [-0.2, 0) is 16.0 Å². The van der Waals surface area contributed by atoms with E-state index in [1.165, 1.54) is 6.39 Å². The van der Waals surface area contributed by atoms with Gasteiger partial charge in [0.15, 0.2) is 12.0 Å². The molecule has 1 aliphatic rings. The van der Waals surface area contributed by atoms with Gasteiger partial charge in [-0.25, -0.2) is 4.98 Å². The minimum atomic E-state index is -0.605. The summed E-state index contributed by atoms with van der Waals surface area (Å²) in [4.78, 5) is 16.6. The molecule has 0 spiro atoms. The first-order valence-corrected chi connectivity index (χ1v) is 9.68. The molecule has 0 bridgehead atoms. The Balaban J connectivity index is 1.40. The van der Waals surface area contributed by atoms with Crippen LogP contribution in [0.3, 0.4) is 0 Å². The average molecular weight is 390 g/mol. The maximum Gasteiger partial charge on any atom is 0.251 e. The summed E-state index contributed by atoms with van der Waals surface area (Å²) in [5, 5.41) is 15.4. The SMILES string of the molecule is N#C[C@H](Cc1ccc(-c2ccc3ocnc3c2)cc1)NC(=O)[C@@H]1CNCCCO1. The third kappa shape index (κ3) is 4.62. The summed E-state index contributed by atoms with van der Waals surface area (Å²) in [6.45, 7) is 1.85. The summed E-state index contributed by atoms with van der Waals surface area (Å²) in [6, 6.07) is 15.4. The number of amides is 1. The van der Waals surface area contributed by atoms with Crippen LogP contribution in [0.4, 0.5) is 0 Å². The maximum atomic E-state index is 12.4. The van der Waals surface area contributed by atoms with E-state index in [9.17, 15) is 10.1 Å². The summed E-state index contributed by atoms with van der Waals surface area (Å²) in [6.07, 6.45) is 2.19. The van der Waals surface area contributed by atoms with E-state index < -0.39 is 12.1 Å². The third-order valence-corrected chi connectivity index (χ3v) is 4.97. The number of nitriles is 1. The molecule has 4 rings (SSSR count). The fraction of sp³-hybridized carbons (Fsp3) is 0.318. The lowest BCUT2D eigenvalue weighted by Crippen LogP contribution is -2.46. The van der Waals surface area contributed by atoms with Gasteiger partial charge in [0.2, 0.25) is 0 Å². The van der Waals surface area contributed by atoms with E-state index in [2.05, 4.69) is 21.7 Å². The molecular weight excluding hydrogens is 368 g/mol. The van der Waals surface area contributed by atoms with Gasteiger partial charge < -0.3 is 19.8 Å². The Morgan fingerprint density at radius 3 is 2.93 bits per heavy atom. The van der Waals surface area contributed by atoms with Gasteiger partial charge in [0.25, 0.3) is 5.91 Å². The van der Waals surface area contributed by atoms with Crippen molar-refractivity contribution in [2.24, 2.45) is 0 Å². The molecule has 0 saturated carbocycles. The van der Waals surface area contributed by atoms with E-state index in [-0.39, 0.29) is 5.91 Å². The average Bonchev–Trinajstić information content (AvgIpc) is 3.05. The number of hydrogen-bond donors (Lipinski definition) is 2. The Kier molecular flexibility index (Phi) is 5.84. The van der Waals surface area contributed by atoms with Crippen molar-refractivity contribution in [3.8, 4) is 17.2 Å². The molecule has 1 amide bonds. The molecule has 1 aliphatic heterocycles. The quantitative estimate of drug-likeness (QED) is 0.694. The fourth-order valence-electron chi connectivity index (χ4n) is 3.38. The monoisotopic (exact) mass is 390 g/mol. The minimum Gasteiger partial charge on any atom is -0.443 e. The molecule has 1 fully saturated rings. The number of carbonyl (C=O) groups is 1. The lowest BCUT2D eigenvalue weighted by atomic mass is 10.0. The van der Waals surface area contributed by atoms with Gasteiger partial charge >= 0.3 is 0 Å². The van der Waals surface area contributed by atoms with Crippen LogP contribution in [0.5, 0.6) is 0 Å². The number of aromatic nitrogens is 1. The lowest BCUT2D eigenvalue weighted by Gasteiger charge is -2.18. The zero-order valence-electron chi connectivity index (χ0n) is 15.9. The number of hydrogen-bond acceptors (Lipinski definition) is 6. The van der Waals surface area contributed by atoms with E-state index in [4.69, 9.17) is 9.15 Å². The molecule has 29 heavy (non-hydrogen) atoms. The van der Waals surface area contributed by atoms with Crippen molar-refractivity contribution in [1.82, 2.24) is 15.6 Å². The summed E-state index contributed by atoms with van der Waals surface area (Å²) < 4.78 is 10.8. The normalized spacial score (nSPS) is 18.0. The molecular formula is C22H22N4O3. The number of ether oxygens (including phenoxy) is 1. The van der Waals surface area contributed by atoms with Crippen molar-refractivity contribution in [2.75, 3.05) is 19.7 Å². The van der Waals surface area contributed by atoms with Gasteiger partial charge in [-0.15, -0.1) is 0 Å². The van der Waals surface area contributed by atoms with Crippen molar-refractivity contribution in [3.05, 3.63) is 54.4 Å². The molecule has 2 atom stereocenters. The van der Waals surface area contributed by atoms with Gasteiger partial charge in [0, 0.05) is 19.6 Å². The van der Waals surface area contributed by atoms with Crippen LogP contribution in [0.15, 0.2) is 53.3 Å². The van der Waals surface area contributed by atoms with Crippen molar-refractivity contribution < 1.29 is 13.9 Å². The Labute approximate surface area is 168 Å². The number of nitrogens with one attached hydrogen (secondary N) is 2. The van der Waals surface area contributed by atoms with Crippen molar-refractivity contribution >= 4 is 17.0 Å². The van der Waals surface area contributed by atoms with E-state index in [1.54, 1.807) is 0 Å². The molecule has 7 heteroatoms. The first-order valence-electron chi connectivity index (χ1n) is 9.68. The smallest absolute Gasteiger partial charge is 0.251 e. The van der Waals surface area contributed by atoms with Gasteiger partial charge in [-0.2, -0.15) is 5.26 Å². The number of benzene rings is 2. The highest BCUT2D eigenvalue weighted by atomic mass is 16.5. The third-order valence-electron chi connectivity index (χ3n) is 4.97. The Morgan fingerprint density at radius 1 is 1.28 bits per heavy atom. The number of fused-ring (bicyclic) bond motifs is 1. The molecule has 0 aliphatic carbocycles. The first kappa shape index (κ1) is 19.1. The van der Waals surface area contributed by atoms with E-state index in [0.29, 0.717) is 19.6 Å². The topological polar surface area (TPSA) is 100 Å². The fourth-order valence-corrected chi connectivity index (χ4v) is 3.38. The van der Waals surface area contributed by atoms with Crippen LogP contribution < -0.4 is 10.6 Å². The maximum absolute atomic E-state index is 12.4. The summed E-state index contributed by atoms with van der Waals surface area (Å²) in [5.41, 5.74) is 4.64. The molecule has 2 N–H and O–H groups in total. The van der Waals surface area contributed by atoms with Gasteiger partial charge in [0.1, 0.15) is 17.7 Å². The van der Waals surface area contributed by atoms with Gasteiger partial charge in [-0.3, -0.25) is 4.79 Å². The largest absolute Gasteiger partial charge is 0.443 e. The molecule has 148 valence electrons. The van der Waals surface area contributed by atoms with Gasteiger partial charge in [-0.1, -0.05) is 30.3 Å². The first-order chi connectivity index (χ1) is 14.2. The van der Waals surface area contributed by atoms with E-state index >= 15 is 0 Å². The summed E-state index contributed by atoms with van der Waals surface area (Å²) in [5.74, 6) is -0.247. The van der Waals surface area contributed by atoms with Crippen LogP contribution in [0.1, 0.15) is 12.0 Å². The molecule has 0 unspecified atom stereocenters. The van der Waals surface area contributed by atoms with Crippen LogP contribution in [0.25, 0.3) is 22.2 Å². The second kappa shape index (κ2) is 8.86. The second-order valence-corrected chi connectivity index (χ2v) is 7.04. The van der Waals surface area contributed by atoms with Crippen molar-refractivity contribution in [3.63, 3.8) is 0 Å². The van der Waals surface area contributed by atoms with Crippen LogP contribution >= 0.6 is 0 Å².